The second-order valence-electron chi connectivity index (χ2n) is 1.72. The number of aliphatic hydroxyl groups is 1. The zero-order valence-corrected chi connectivity index (χ0v) is 11.3. The van der Waals surface area contributed by atoms with Crippen LogP contribution >= 0.6 is 16.5 Å². The SMILES string of the molecule is C=C(C)CO.O=[PH]([O-])O[PH](=O)[O-].[Ca+2]. The first-order chi connectivity index (χ1) is 5.40. The maximum atomic E-state index is 9.29. The van der Waals surface area contributed by atoms with E-state index in [1.807, 2.05) is 0 Å². The average Bonchev–Trinajstić information content (AvgIpc) is 1.85. The molecule has 2 atom stereocenters. The van der Waals surface area contributed by atoms with Crippen LogP contribution in [0.15, 0.2) is 12.2 Å². The van der Waals surface area contributed by atoms with Gasteiger partial charge in [0.15, 0.2) is 0 Å². The summed E-state index contributed by atoms with van der Waals surface area (Å²) in [6.45, 7) is 5.31. The van der Waals surface area contributed by atoms with Gasteiger partial charge in [-0.15, -0.1) is 0 Å². The Morgan fingerprint density at radius 2 is 1.69 bits per heavy atom. The van der Waals surface area contributed by atoms with Crippen molar-refractivity contribution in [3.05, 3.63) is 12.2 Å². The van der Waals surface area contributed by atoms with Crippen LogP contribution in [0.4, 0.5) is 0 Å². The second kappa shape index (κ2) is 13.3. The molecule has 0 heterocycles. The van der Waals surface area contributed by atoms with Crippen LogP contribution in [0.1, 0.15) is 6.92 Å². The van der Waals surface area contributed by atoms with Gasteiger partial charge in [-0.25, -0.2) is 0 Å². The van der Waals surface area contributed by atoms with Crippen molar-refractivity contribution in [2.45, 2.75) is 6.92 Å². The summed E-state index contributed by atoms with van der Waals surface area (Å²) >= 11 is 0. The van der Waals surface area contributed by atoms with Crippen LogP contribution in [-0.4, -0.2) is 49.5 Å². The van der Waals surface area contributed by atoms with Crippen molar-refractivity contribution in [1.82, 2.24) is 0 Å². The molecule has 0 aromatic heterocycles. The standard InChI is InChI=1S/C4H8O.Ca.H4O5P2/c1-4(2)3-5;;1-6(2)5-7(3)4/h5H,1,3H2,2H3;;6-7H,(H,1,2)(H,3,4)/q;+2;/p-2. The van der Waals surface area contributed by atoms with Gasteiger partial charge in [0.2, 0.25) is 0 Å². The Hall–Kier alpha value is 1.30. The van der Waals surface area contributed by atoms with Crippen molar-refractivity contribution < 1.29 is 28.3 Å². The summed E-state index contributed by atoms with van der Waals surface area (Å²) in [5.41, 5.74) is 0.810. The monoisotopic (exact) mass is 256 g/mol. The molecule has 13 heavy (non-hydrogen) atoms. The fraction of sp³-hybridized carbons (Fsp3) is 0.500. The third kappa shape index (κ3) is 31.9. The number of aliphatic hydroxyl groups excluding tert-OH is 1. The van der Waals surface area contributed by atoms with E-state index in [9.17, 15) is 18.9 Å². The van der Waals surface area contributed by atoms with Gasteiger partial charge in [0.05, 0.1) is 6.61 Å². The summed E-state index contributed by atoms with van der Waals surface area (Å²) in [6, 6.07) is 0. The first-order valence-electron chi connectivity index (χ1n) is 2.75. The molecule has 0 aliphatic rings. The van der Waals surface area contributed by atoms with Gasteiger partial charge in [-0.05, 0) is 6.92 Å². The molecular formula is C4H10CaO6P2. The topological polar surface area (TPSA) is 110 Å². The van der Waals surface area contributed by atoms with E-state index in [1.165, 1.54) is 0 Å². The third-order valence-electron chi connectivity index (χ3n) is 0.437. The van der Waals surface area contributed by atoms with E-state index in [4.69, 9.17) is 5.11 Å². The molecule has 0 radical (unpaired) electrons. The van der Waals surface area contributed by atoms with Gasteiger partial charge in [0.1, 0.15) is 16.5 Å². The van der Waals surface area contributed by atoms with E-state index < -0.39 is 16.5 Å². The first kappa shape index (κ1) is 19.8. The minimum atomic E-state index is -3.51. The van der Waals surface area contributed by atoms with Crippen LogP contribution in [-0.2, 0) is 13.4 Å². The molecule has 74 valence electrons. The Morgan fingerprint density at radius 1 is 1.46 bits per heavy atom. The van der Waals surface area contributed by atoms with E-state index in [1.54, 1.807) is 6.92 Å². The summed E-state index contributed by atoms with van der Waals surface area (Å²) < 4.78 is 21.8. The van der Waals surface area contributed by atoms with Crippen molar-refractivity contribution >= 4 is 54.2 Å². The van der Waals surface area contributed by atoms with Gasteiger partial charge >= 0.3 is 37.7 Å². The second-order valence-corrected chi connectivity index (χ2v) is 3.53. The first-order valence-corrected chi connectivity index (χ1v) is 5.20. The van der Waals surface area contributed by atoms with E-state index in [0.29, 0.717) is 0 Å². The summed E-state index contributed by atoms with van der Waals surface area (Å²) in [4.78, 5) is 18.6. The minimum absolute atomic E-state index is 0. The molecular weight excluding hydrogens is 246 g/mol. The van der Waals surface area contributed by atoms with Crippen LogP contribution in [0.3, 0.4) is 0 Å². The maximum absolute atomic E-state index is 9.29. The van der Waals surface area contributed by atoms with E-state index >= 15 is 0 Å². The molecule has 1 N–H and O–H groups in total. The maximum Gasteiger partial charge on any atom is 2.00 e. The number of hydrogen-bond acceptors (Lipinski definition) is 6. The van der Waals surface area contributed by atoms with Gasteiger partial charge < -0.3 is 24.0 Å². The Bertz CT molecular complexity index is 171. The van der Waals surface area contributed by atoms with Crippen LogP contribution in [0, 0.1) is 0 Å². The summed E-state index contributed by atoms with van der Waals surface area (Å²) in [7, 11) is -7.03. The zero-order chi connectivity index (χ0) is 10.1. The van der Waals surface area contributed by atoms with Gasteiger partial charge in [-0.2, -0.15) is 0 Å². The van der Waals surface area contributed by atoms with E-state index in [-0.39, 0.29) is 44.3 Å². The normalized spacial score (nSPS) is 12.9. The van der Waals surface area contributed by atoms with Crippen LogP contribution in [0.25, 0.3) is 0 Å². The minimum Gasteiger partial charge on any atom is -0.781 e. The van der Waals surface area contributed by atoms with Crippen LogP contribution in [0.2, 0.25) is 0 Å². The zero-order valence-electron chi connectivity index (χ0n) is 7.11. The molecule has 0 fully saturated rings. The molecule has 0 amide bonds. The number of rotatable bonds is 3. The molecule has 0 aliphatic carbocycles. The van der Waals surface area contributed by atoms with Crippen molar-refractivity contribution in [2.24, 2.45) is 0 Å². The quantitative estimate of drug-likeness (QED) is 0.381. The Kier molecular flexibility index (Phi) is 20.3. The summed E-state index contributed by atoms with van der Waals surface area (Å²) in [5, 5.41) is 8.04. The summed E-state index contributed by atoms with van der Waals surface area (Å²) in [6.07, 6.45) is 0. The van der Waals surface area contributed by atoms with Gasteiger partial charge in [0.25, 0.3) is 0 Å². The van der Waals surface area contributed by atoms with E-state index in [0.717, 1.165) is 5.57 Å². The Morgan fingerprint density at radius 3 is 1.69 bits per heavy atom. The van der Waals surface area contributed by atoms with Crippen LogP contribution < -0.4 is 9.79 Å². The molecule has 0 rings (SSSR count). The van der Waals surface area contributed by atoms with E-state index in [2.05, 4.69) is 10.9 Å². The predicted molar refractivity (Wildman–Crippen MR) is 46.7 cm³/mol. The molecule has 0 aliphatic heterocycles. The van der Waals surface area contributed by atoms with Gasteiger partial charge in [-0.3, -0.25) is 4.31 Å². The molecule has 0 saturated carbocycles. The fourth-order valence-electron chi connectivity index (χ4n) is 0.0680. The molecule has 0 aromatic rings. The van der Waals surface area contributed by atoms with Crippen molar-refractivity contribution in [3.63, 3.8) is 0 Å². The van der Waals surface area contributed by atoms with Crippen molar-refractivity contribution in [2.75, 3.05) is 6.61 Å². The largest absolute Gasteiger partial charge is 2.00 e. The molecule has 6 nitrogen and oxygen atoms in total. The van der Waals surface area contributed by atoms with Crippen molar-refractivity contribution in [1.29, 1.82) is 0 Å². The average molecular weight is 256 g/mol. The van der Waals surface area contributed by atoms with Crippen LogP contribution in [0.5, 0.6) is 0 Å². The Labute approximate surface area is 108 Å². The summed E-state index contributed by atoms with van der Waals surface area (Å²) in [5.74, 6) is 0. The molecule has 9 heteroatoms. The fourth-order valence-corrected chi connectivity index (χ4v) is 0.612. The molecule has 2 unspecified atom stereocenters. The molecule has 0 saturated heterocycles. The molecule has 0 bridgehead atoms. The Balaban J connectivity index is -0.000000150. The number of hydrogen-bond donors (Lipinski definition) is 1. The molecule has 0 spiro atoms. The molecule has 0 aromatic carbocycles. The smallest absolute Gasteiger partial charge is 0.781 e. The van der Waals surface area contributed by atoms with Crippen molar-refractivity contribution in [3.8, 4) is 0 Å². The van der Waals surface area contributed by atoms with Gasteiger partial charge in [0, 0.05) is 0 Å². The third-order valence-corrected chi connectivity index (χ3v) is 1.77. The predicted octanol–water partition coefficient (Wildman–Crippen LogP) is -1.32. The van der Waals surface area contributed by atoms with Gasteiger partial charge in [-0.1, -0.05) is 12.2 Å².